The van der Waals surface area contributed by atoms with Crippen molar-refractivity contribution in [3.63, 3.8) is 0 Å². The SMILES string of the molecule is CC(C)Oc1ccc(P=C[O-])cc1. The van der Waals surface area contributed by atoms with Crippen molar-refractivity contribution >= 4 is 19.5 Å². The van der Waals surface area contributed by atoms with E-state index < -0.39 is 0 Å². The summed E-state index contributed by atoms with van der Waals surface area (Å²) in [5.74, 6) is 1.72. The first-order chi connectivity index (χ1) is 6.22. The Morgan fingerprint density at radius 2 is 1.92 bits per heavy atom. The van der Waals surface area contributed by atoms with Crippen molar-refractivity contribution in [2.75, 3.05) is 0 Å². The molecule has 0 fully saturated rings. The van der Waals surface area contributed by atoms with Gasteiger partial charge in [0.05, 0.1) is 6.10 Å². The van der Waals surface area contributed by atoms with E-state index in [2.05, 4.69) is 0 Å². The van der Waals surface area contributed by atoms with E-state index in [1.54, 1.807) is 0 Å². The van der Waals surface area contributed by atoms with Gasteiger partial charge in [-0.05, 0) is 38.1 Å². The van der Waals surface area contributed by atoms with Gasteiger partial charge in [-0.25, -0.2) is 0 Å². The first kappa shape index (κ1) is 10.2. The van der Waals surface area contributed by atoms with E-state index in [9.17, 15) is 5.11 Å². The summed E-state index contributed by atoms with van der Waals surface area (Å²) >= 11 is 0. The van der Waals surface area contributed by atoms with Crippen LogP contribution in [0.5, 0.6) is 5.75 Å². The maximum atomic E-state index is 10.2. The van der Waals surface area contributed by atoms with Crippen molar-refractivity contribution in [2.45, 2.75) is 20.0 Å². The van der Waals surface area contributed by atoms with E-state index in [1.807, 2.05) is 38.1 Å². The van der Waals surface area contributed by atoms with Crippen molar-refractivity contribution in [2.24, 2.45) is 0 Å². The van der Waals surface area contributed by atoms with Gasteiger partial charge in [-0.15, -0.1) is 0 Å². The third-order valence-corrected chi connectivity index (χ3v) is 2.11. The Morgan fingerprint density at radius 1 is 1.31 bits per heavy atom. The first-order valence-electron chi connectivity index (χ1n) is 4.13. The zero-order valence-corrected chi connectivity index (χ0v) is 8.62. The van der Waals surface area contributed by atoms with Crippen molar-refractivity contribution < 1.29 is 9.84 Å². The molecule has 3 heteroatoms. The van der Waals surface area contributed by atoms with Gasteiger partial charge in [-0.1, -0.05) is 8.20 Å². The second-order valence-corrected chi connectivity index (χ2v) is 3.88. The number of benzene rings is 1. The van der Waals surface area contributed by atoms with E-state index in [4.69, 9.17) is 4.74 Å². The third kappa shape index (κ3) is 3.58. The summed E-state index contributed by atoms with van der Waals surface area (Å²) in [4.78, 5) is 0. The Kier molecular flexibility index (Phi) is 3.94. The van der Waals surface area contributed by atoms with Crippen LogP contribution < -0.4 is 15.1 Å². The van der Waals surface area contributed by atoms with Gasteiger partial charge in [-0.3, -0.25) is 0 Å². The molecule has 0 amide bonds. The highest BCUT2D eigenvalue weighted by molar-refractivity contribution is 7.46. The van der Waals surface area contributed by atoms with E-state index in [1.165, 1.54) is 0 Å². The Labute approximate surface area is 80.0 Å². The number of ether oxygens (including phenoxy) is 1. The van der Waals surface area contributed by atoms with Crippen LogP contribution in [-0.2, 0) is 0 Å². The lowest BCUT2D eigenvalue weighted by Gasteiger charge is -2.09. The molecule has 0 N–H and O–H groups in total. The van der Waals surface area contributed by atoms with Crippen LogP contribution in [0.1, 0.15) is 13.8 Å². The fourth-order valence-electron chi connectivity index (χ4n) is 0.944. The number of rotatable bonds is 3. The summed E-state index contributed by atoms with van der Waals surface area (Å²) < 4.78 is 5.46. The van der Waals surface area contributed by atoms with Gasteiger partial charge in [0, 0.05) is 5.30 Å². The number of hydrogen-bond acceptors (Lipinski definition) is 2. The van der Waals surface area contributed by atoms with Gasteiger partial charge < -0.3 is 9.84 Å². The van der Waals surface area contributed by atoms with Crippen LogP contribution in [0.25, 0.3) is 0 Å². The Hall–Kier alpha value is -0.850. The minimum Gasteiger partial charge on any atom is -0.830 e. The van der Waals surface area contributed by atoms with Crippen LogP contribution in [0.2, 0.25) is 0 Å². The normalized spacial score (nSPS) is 11.1. The van der Waals surface area contributed by atoms with Crippen LogP contribution in [-0.4, -0.2) is 12.1 Å². The molecule has 0 aliphatic heterocycles. The molecular formula is C10H12O2P-. The summed E-state index contributed by atoms with van der Waals surface area (Å²) in [5.41, 5.74) is 0. The van der Waals surface area contributed by atoms with Crippen molar-refractivity contribution in [3.05, 3.63) is 24.3 Å². The molecule has 0 spiro atoms. The van der Waals surface area contributed by atoms with Gasteiger partial charge in [0.1, 0.15) is 5.75 Å². The smallest absolute Gasteiger partial charge is 0.119 e. The van der Waals surface area contributed by atoms with Crippen LogP contribution in [0.3, 0.4) is 0 Å². The second kappa shape index (κ2) is 5.00. The minimum absolute atomic E-state index is 0.189. The summed E-state index contributed by atoms with van der Waals surface area (Å²) in [7, 11) is 0.705. The lowest BCUT2D eigenvalue weighted by molar-refractivity contribution is -0.195. The predicted molar refractivity (Wildman–Crippen MR) is 54.8 cm³/mol. The monoisotopic (exact) mass is 195 g/mol. The van der Waals surface area contributed by atoms with E-state index in [-0.39, 0.29) is 6.10 Å². The van der Waals surface area contributed by atoms with Gasteiger partial charge >= 0.3 is 0 Å². The number of hydrogen-bond donors (Lipinski definition) is 0. The molecule has 2 nitrogen and oxygen atoms in total. The van der Waals surface area contributed by atoms with Gasteiger partial charge in [0.15, 0.2) is 0 Å². The molecule has 13 heavy (non-hydrogen) atoms. The molecule has 0 atom stereocenters. The van der Waals surface area contributed by atoms with Gasteiger partial charge in [0.25, 0.3) is 0 Å². The van der Waals surface area contributed by atoms with Gasteiger partial charge in [-0.2, -0.15) is 5.98 Å². The molecule has 1 aromatic carbocycles. The molecule has 0 aromatic heterocycles. The summed E-state index contributed by atoms with van der Waals surface area (Å²) in [6, 6.07) is 7.55. The lowest BCUT2D eigenvalue weighted by Crippen LogP contribution is -2.06. The quantitative estimate of drug-likeness (QED) is 0.678. The molecule has 70 valence electrons. The molecule has 0 saturated heterocycles. The average Bonchev–Trinajstić information content (AvgIpc) is 2.08. The minimum atomic E-state index is 0.189. The fraction of sp³-hybridized carbons (Fsp3) is 0.300. The van der Waals surface area contributed by atoms with Crippen molar-refractivity contribution in [1.29, 1.82) is 0 Å². The third-order valence-electron chi connectivity index (χ3n) is 1.41. The average molecular weight is 195 g/mol. The highest BCUT2D eigenvalue weighted by atomic mass is 31.1. The van der Waals surface area contributed by atoms with E-state index in [0.29, 0.717) is 8.20 Å². The highest BCUT2D eigenvalue weighted by Crippen LogP contribution is 2.11. The zero-order chi connectivity index (χ0) is 9.68. The van der Waals surface area contributed by atoms with Crippen LogP contribution in [0.4, 0.5) is 0 Å². The second-order valence-electron chi connectivity index (χ2n) is 2.90. The largest absolute Gasteiger partial charge is 0.830 e. The first-order valence-corrected chi connectivity index (χ1v) is 5.10. The fourth-order valence-corrected chi connectivity index (χ4v) is 1.39. The summed E-state index contributed by atoms with van der Waals surface area (Å²) in [5, 5.41) is 11.2. The van der Waals surface area contributed by atoms with E-state index in [0.717, 1.165) is 17.0 Å². The molecule has 0 radical (unpaired) electrons. The standard InChI is InChI=1S/C10H13O2P/c1-8(2)12-9-3-5-10(6-4-9)13-7-11/h3-8,11H,1-2H3/p-1. The molecule has 1 aromatic rings. The molecule has 1 rings (SSSR count). The Bertz CT molecular complexity index is 277. The van der Waals surface area contributed by atoms with Crippen molar-refractivity contribution in [1.82, 2.24) is 0 Å². The highest BCUT2D eigenvalue weighted by Gasteiger charge is 1.95. The maximum absolute atomic E-state index is 10.2. The van der Waals surface area contributed by atoms with Crippen LogP contribution in [0.15, 0.2) is 24.3 Å². The molecule has 0 saturated carbocycles. The predicted octanol–water partition coefficient (Wildman–Crippen LogP) is 1.17. The Balaban J connectivity index is 2.69. The van der Waals surface area contributed by atoms with Crippen LogP contribution in [0, 0.1) is 0 Å². The lowest BCUT2D eigenvalue weighted by atomic mass is 10.3. The summed E-state index contributed by atoms with van der Waals surface area (Å²) in [6.45, 7) is 3.97. The van der Waals surface area contributed by atoms with Gasteiger partial charge in [0.2, 0.25) is 0 Å². The Morgan fingerprint density at radius 3 is 2.38 bits per heavy atom. The molecular weight excluding hydrogens is 183 g/mol. The maximum Gasteiger partial charge on any atom is 0.119 e. The topological polar surface area (TPSA) is 32.3 Å². The zero-order valence-electron chi connectivity index (χ0n) is 7.73. The molecule has 0 heterocycles. The van der Waals surface area contributed by atoms with Crippen molar-refractivity contribution in [3.8, 4) is 5.75 Å². The molecule has 0 aliphatic carbocycles. The van der Waals surface area contributed by atoms with E-state index >= 15 is 0 Å². The molecule has 0 aliphatic rings. The molecule has 0 bridgehead atoms. The summed E-state index contributed by atoms with van der Waals surface area (Å²) in [6.07, 6.45) is 0.189. The molecule has 0 unspecified atom stereocenters. The van der Waals surface area contributed by atoms with Crippen LogP contribution >= 0.6 is 8.20 Å².